The molecule has 1 rings (SSSR count). The maximum Gasteiger partial charge on any atom is 0.151 e. The molecule has 1 N–H and O–H groups in total. The molecule has 0 bridgehead atoms. The van der Waals surface area contributed by atoms with Gasteiger partial charge >= 0.3 is 0 Å². The predicted molar refractivity (Wildman–Crippen MR) is 78.0 cm³/mol. The molecule has 0 aliphatic heterocycles. The lowest BCUT2D eigenvalue weighted by molar-refractivity contribution is 0.213. The zero-order valence-corrected chi connectivity index (χ0v) is 13.1. The monoisotopic (exact) mass is 295 g/mol. The van der Waals surface area contributed by atoms with Crippen LogP contribution in [0.2, 0.25) is 0 Å². The Bertz CT molecular complexity index is 345. The number of hydrogen-bond donors (Lipinski definition) is 1. The number of hydrogen-bond acceptors (Lipinski definition) is 3. The summed E-state index contributed by atoms with van der Waals surface area (Å²) in [5.41, 5.74) is -0.0407. The van der Waals surface area contributed by atoms with Crippen molar-refractivity contribution in [1.29, 1.82) is 0 Å². The van der Waals surface area contributed by atoms with Gasteiger partial charge in [0, 0.05) is 23.7 Å². The van der Waals surface area contributed by atoms with Crippen LogP contribution < -0.4 is 5.32 Å². The molecule has 108 valence electrons. The molecule has 0 heterocycles. The van der Waals surface area contributed by atoms with Crippen molar-refractivity contribution in [1.82, 2.24) is 5.32 Å². The van der Waals surface area contributed by atoms with Crippen molar-refractivity contribution in [2.75, 3.05) is 23.9 Å². The van der Waals surface area contributed by atoms with Gasteiger partial charge in [0.2, 0.25) is 0 Å². The molecule has 0 aromatic rings. The highest BCUT2D eigenvalue weighted by Gasteiger charge is 2.33. The van der Waals surface area contributed by atoms with Crippen molar-refractivity contribution in [2.45, 2.75) is 51.5 Å². The van der Waals surface area contributed by atoms with Gasteiger partial charge in [-0.05, 0) is 25.2 Å². The predicted octanol–water partition coefficient (Wildman–Crippen LogP) is 2.59. The summed E-state index contributed by atoms with van der Waals surface area (Å²) >= 11 is 6.10. The van der Waals surface area contributed by atoms with E-state index in [1.165, 1.54) is 12.8 Å². The van der Waals surface area contributed by atoms with Gasteiger partial charge in [0.15, 0.2) is 9.84 Å². The molecule has 0 aromatic carbocycles. The van der Waals surface area contributed by atoms with Gasteiger partial charge in [0.1, 0.15) is 0 Å². The van der Waals surface area contributed by atoms with Crippen molar-refractivity contribution in [2.24, 2.45) is 5.92 Å². The van der Waals surface area contributed by atoms with Crippen molar-refractivity contribution < 1.29 is 8.42 Å². The molecule has 0 spiro atoms. The van der Waals surface area contributed by atoms with Crippen LogP contribution in [0.3, 0.4) is 0 Å². The first-order valence-corrected chi connectivity index (χ1v) is 9.30. The quantitative estimate of drug-likeness (QED) is 0.734. The Morgan fingerprint density at radius 2 is 2.11 bits per heavy atom. The fourth-order valence-corrected chi connectivity index (χ4v) is 4.45. The maximum atomic E-state index is 11.7. The zero-order valence-electron chi connectivity index (χ0n) is 11.5. The molecule has 2 atom stereocenters. The Balaban J connectivity index is 2.45. The highest BCUT2D eigenvalue weighted by Crippen LogP contribution is 2.33. The van der Waals surface area contributed by atoms with Crippen molar-refractivity contribution in [3.8, 4) is 0 Å². The normalized spacial score (nSPS) is 29.4. The fourth-order valence-electron chi connectivity index (χ4n) is 2.87. The molecule has 0 saturated heterocycles. The highest BCUT2D eigenvalue weighted by atomic mass is 35.5. The average molecular weight is 296 g/mol. The summed E-state index contributed by atoms with van der Waals surface area (Å²) in [6.45, 7) is 4.67. The molecule has 1 aliphatic carbocycles. The Morgan fingerprint density at radius 1 is 1.39 bits per heavy atom. The number of rotatable bonds is 7. The van der Waals surface area contributed by atoms with Gasteiger partial charge in [0.25, 0.3) is 0 Å². The molecule has 0 aromatic heterocycles. The SMILES string of the molecule is CCCS(=O)(=O)CCNC1(CCl)CCCC(C)C1. The van der Waals surface area contributed by atoms with Crippen LogP contribution in [0.5, 0.6) is 0 Å². The van der Waals surface area contributed by atoms with Crippen LogP contribution in [-0.2, 0) is 9.84 Å². The molecule has 3 nitrogen and oxygen atoms in total. The van der Waals surface area contributed by atoms with Gasteiger partial charge in [-0.15, -0.1) is 11.6 Å². The van der Waals surface area contributed by atoms with Crippen LogP contribution in [0.25, 0.3) is 0 Å². The van der Waals surface area contributed by atoms with E-state index in [1.54, 1.807) is 0 Å². The lowest BCUT2D eigenvalue weighted by Crippen LogP contribution is -2.51. The maximum absolute atomic E-state index is 11.7. The summed E-state index contributed by atoms with van der Waals surface area (Å²) < 4.78 is 23.3. The van der Waals surface area contributed by atoms with E-state index >= 15 is 0 Å². The van der Waals surface area contributed by atoms with Gasteiger partial charge in [-0.2, -0.15) is 0 Å². The summed E-state index contributed by atoms with van der Waals surface area (Å²) in [7, 11) is -2.89. The molecule has 18 heavy (non-hydrogen) atoms. The van der Waals surface area contributed by atoms with E-state index in [2.05, 4.69) is 12.2 Å². The van der Waals surface area contributed by atoms with E-state index in [1.807, 2.05) is 6.92 Å². The van der Waals surface area contributed by atoms with E-state index in [9.17, 15) is 8.42 Å². The Morgan fingerprint density at radius 3 is 2.67 bits per heavy atom. The third-order valence-electron chi connectivity index (χ3n) is 3.78. The van der Waals surface area contributed by atoms with Crippen molar-refractivity contribution in [3.05, 3.63) is 0 Å². The molecule has 0 amide bonds. The van der Waals surface area contributed by atoms with Gasteiger partial charge in [-0.1, -0.05) is 26.7 Å². The molecule has 1 aliphatic rings. The summed E-state index contributed by atoms with van der Waals surface area (Å²) in [6, 6.07) is 0. The minimum Gasteiger partial charge on any atom is -0.309 e. The van der Waals surface area contributed by atoms with Crippen molar-refractivity contribution >= 4 is 21.4 Å². The molecule has 0 radical (unpaired) electrons. The minimum absolute atomic E-state index is 0.0407. The highest BCUT2D eigenvalue weighted by molar-refractivity contribution is 7.91. The Hall–Kier alpha value is 0.200. The van der Waals surface area contributed by atoms with Crippen LogP contribution in [0.4, 0.5) is 0 Å². The second-order valence-electron chi connectivity index (χ2n) is 5.69. The van der Waals surface area contributed by atoms with Crippen LogP contribution in [0.15, 0.2) is 0 Å². The minimum atomic E-state index is -2.89. The lowest BCUT2D eigenvalue weighted by atomic mass is 9.77. The fraction of sp³-hybridized carbons (Fsp3) is 1.00. The second kappa shape index (κ2) is 7.11. The third kappa shape index (κ3) is 5.06. The second-order valence-corrected chi connectivity index (χ2v) is 8.26. The van der Waals surface area contributed by atoms with Gasteiger partial charge in [-0.3, -0.25) is 0 Å². The number of alkyl halides is 1. The topological polar surface area (TPSA) is 46.2 Å². The first kappa shape index (κ1) is 16.3. The Kier molecular flexibility index (Phi) is 6.42. The number of sulfone groups is 1. The van der Waals surface area contributed by atoms with E-state index in [4.69, 9.17) is 11.6 Å². The number of halogens is 1. The van der Waals surface area contributed by atoms with E-state index in [-0.39, 0.29) is 11.3 Å². The third-order valence-corrected chi connectivity index (χ3v) is 6.14. The van der Waals surface area contributed by atoms with Crippen molar-refractivity contribution in [3.63, 3.8) is 0 Å². The van der Waals surface area contributed by atoms with Gasteiger partial charge in [0.05, 0.1) is 5.75 Å². The van der Waals surface area contributed by atoms with E-state index < -0.39 is 9.84 Å². The van der Waals surface area contributed by atoms with Crippen LogP contribution in [-0.4, -0.2) is 37.9 Å². The average Bonchev–Trinajstić information content (AvgIpc) is 2.28. The molecule has 1 fully saturated rings. The molecule has 1 saturated carbocycles. The largest absolute Gasteiger partial charge is 0.309 e. The summed E-state index contributed by atoms with van der Waals surface area (Å²) in [4.78, 5) is 0. The van der Waals surface area contributed by atoms with Crippen LogP contribution in [0.1, 0.15) is 46.0 Å². The van der Waals surface area contributed by atoms with Gasteiger partial charge in [-0.25, -0.2) is 8.42 Å². The van der Waals surface area contributed by atoms with Gasteiger partial charge < -0.3 is 5.32 Å². The van der Waals surface area contributed by atoms with E-state index in [0.29, 0.717) is 30.5 Å². The summed E-state index contributed by atoms with van der Waals surface area (Å²) in [6.07, 6.45) is 5.26. The van der Waals surface area contributed by atoms with E-state index in [0.717, 1.165) is 12.8 Å². The molecule has 2 unspecified atom stereocenters. The summed E-state index contributed by atoms with van der Waals surface area (Å²) in [5, 5.41) is 3.42. The van der Waals surface area contributed by atoms with Crippen LogP contribution >= 0.6 is 11.6 Å². The Labute approximate surface area is 117 Å². The van der Waals surface area contributed by atoms with Crippen LogP contribution in [0, 0.1) is 5.92 Å². The smallest absolute Gasteiger partial charge is 0.151 e. The lowest BCUT2D eigenvalue weighted by Gasteiger charge is -2.39. The first-order chi connectivity index (χ1) is 8.43. The standard InChI is InChI=1S/C13H26ClNO2S/c1-3-8-18(16,17)9-7-15-13(11-14)6-4-5-12(2)10-13/h12,15H,3-11H2,1-2H3. The molecular weight excluding hydrogens is 270 g/mol. The number of nitrogens with one attached hydrogen (secondary N) is 1. The molecular formula is C13H26ClNO2S. The first-order valence-electron chi connectivity index (χ1n) is 6.94. The zero-order chi connectivity index (χ0) is 13.6. The molecule has 5 heteroatoms. The summed E-state index contributed by atoms with van der Waals surface area (Å²) in [5.74, 6) is 1.77.